The van der Waals surface area contributed by atoms with Gasteiger partial charge in [-0.1, -0.05) is 84.9 Å². The molecule has 0 amide bonds. The molecule has 0 saturated heterocycles. The van der Waals surface area contributed by atoms with E-state index in [9.17, 15) is 0 Å². The molecule has 1 aliphatic rings. The third kappa shape index (κ3) is 3.66. The van der Waals surface area contributed by atoms with E-state index >= 15 is 0 Å². The predicted octanol–water partition coefficient (Wildman–Crippen LogP) is 8.52. The van der Waals surface area contributed by atoms with Crippen molar-refractivity contribution in [2.75, 3.05) is 5.32 Å². The molecule has 1 N–H and O–H groups in total. The van der Waals surface area contributed by atoms with Gasteiger partial charge in [-0.05, 0) is 60.4 Å². The lowest BCUT2D eigenvalue weighted by molar-refractivity contribution is 0.568. The first-order chi connectivity index (χ1) is 19.3. The normalized spacial score (nSPS) is 13.1. The largest absolute Gasteiger partial charge is 0.456 e. The van der Waals surface area contributed by atoms with Gasteiger partial charge in [-0.3, -0.25) is 0 Å². The molecular formula is C36H25NO2. The molecule has 5 aromatic carbocycles. The van der Waals surface area contributed by atoms with Gasteiger partial charge in [0.15, 0.2) is 0 Å². The fourth-order valence-electron chi connectivity index (χ4n) is 5.87. The van der Waals surface area contributed by atoms with Crippen molar-refractivity contribution in [2.24, 2.45) is 0 Å². The third-order valence-corrected chi connectivity index (χ3v) is 7.77. The van der Waals surface area contributed by atoms with E-state index in [1.165, 1.54) is 21.7 Å². The lowest BCUT2D eigenvalue weighted by atomic mass is 9.96. The monoisotopic (exact) mass is 503 g/mol. The summed E-state index contributed by atoms with van der Waals surface area (Å²) in [6.07, 6.45) is 4.32. The Morgan fingerprint density at radius 3 is 1.95 bits per heavy atom. The maximum Gasteiger partial charge on any atom is 0.143 e. The Bertz CT molecular complexity index is 2130. The highest BCUT2D eigenvalue weighted by Gasteiger charge is 2.14. The second-order valence-electron chi connectivity index (χ2n) is 10.1. The van der Waals surface area contributed by atoms with Gasteiger partial charge in [-0.15, -0.1) is 0 Å². The summed E-state index contributed by atoms with van der Waals surface area (Å²) < 4.78 is 12.5. The first kappa shape index (κ1) is 22.0. The first-order valence-corrected chi connectivity index (χ1v) is 13.4. The van der Waals surface area contributed by atoms with E-state index in [1.54, 1.807) is 0 Å². The smallest absolute Gasteiger partial charge is 0.143 e. The zero-order valence-corrected chi connectivity index (χ0v) is 21.3. The van der Waals surface area contributed by atoms with E-state index in [1.807, 2.05) is 18.2 Å². The van der Waals surface area contributed by atoms with E-state index in [0.717, 1.165) is 68.3 Å². The number of hydrogen-bond acceptors (Lipinski definition) is 3. The predicted molar refractivity (Wildman–Crippen MR) is 161 cm³/mol. The van der Waals surface area contributed by atoms with Gasteiger partial charge in [0, 0.05) is 43.9 Å². The van der Waals surface area contributed by atoms with Crippen molar-refractivity contribution in [3.05, 3.63) is 131 Å². The summed E-state index contributed by atoms with van der Waals surface area (Å²) in [6, 6.07) is 40.1. The number of anilines is 2. The van der Waals surface area contributed by atoms with Crippen LogP contribution in [-0.4, -0.2) is 0 Å². The third-order valence-electron chi connectivity index (χ3n) is 7.77. The van der Waals surface area contributed by atoms with Gasteiger partial charge < -0.3 is 14.2 Å². The Labute approximate surface area is 225 Å². The highest BCUT2D eigenvalue weighted by Crippen LogP contribution is 2.36. The van der Waals surface area contributed by atoms with Crippen LogP contribution in [0.3, 0.4) is 0 Å². The topological polar surface area (TPSA) is 38.3 Å². The van der Waals surface area contributed by atoms with Crippen LogP contribution < -0.4 is 16.0 Å². The van der Waals surface area contributed by atoms with E-state index in [2.05, 4.69) is 108 Å². The van der Waals surface area contributed by atoms with Gasteiger partial charge in [0.1, 0.15) is 22.2 Å². The molecule has 0 spiro atoms. The molecule has 8 rings (SSSR count). The number of rotatable bonds is 4. The minimum Gasteiger partial charge on any atom is -0.456 e. The molecule has 0 saturated carbocycles. The summed E-state index contributed by atoms with van der Waals surface area (Å²) in [7, 11) is 0. The van der Waals surface area contributed by atoms with Crippen molar-refractivity contribution in [2.45, 2.75) is 12.8 Å². The summed E-state index contributed by atoms with van der Waals surface area (Å²) in [5, 5.41) is 8.27. The van der Waals surface area contributed by atoms with Crippen LogP contribution in [0, 0.1) is 0 Å². The zero-order valence-electron chi connectivity index (χ0n) is 21.3. The van der Waals surface area contributed by atoms with E-state index < -0.39 is 0 Å². The SMILES string of the molecule is C1=c2c(oc3ccccc23)=C(c2ccc(Nc3ccc(-c4cccc5c4oc4ccccc45)cc3)cc2)CC1. The standard InChI is InChI=1S/C36H25NO2/c1-3-13-33-29(7-1)31-11-5-9-27(35(31)38-33)23-15-19-25(20-16-23)37-26-21-17-24(18-22-26)28-10-6-12-32-30-8-2-4-14-34(30)39-36(28)32/h1-5,7-9,11-22,37H,6,10H2. The quantitative estimate of drug-likeness (QED) is 0.262. The Kier molecular flexibility index (Phi) is 4.95. The van der Waals surface area contributed by atoms with Gasteiger partial charge in [0.2, 0.25) is 0 Å². The molecule has 3 nitrogen and oxygen atoms in total. The molecule has 0 atom stereocenters. The van der Waals surface area contributed by atoms with Gasteiger partial charge in [-0.2, -0.15) is 0 Å². The van der Waals surface area contributed by atoms with Gasteiger partial charge in [-0.25, -0.2) is 0 Å². The molecule has 2 heterocycles. The van der Waals surface area contributed by atoms with Crippen LogP contribution in [0.1, 0.15) is 18.4 Å². The second kappa shape index (κ2) is 8.78. The average molecular weight is 504 g/mol. The number of fused-ring (bicyclic) bond motifs is 6. The van der Waals surface area contributed by atoms with Crippen LogP contribution in [0.2, 0.25) is 0 Å². The lowest BCUT2D eigenvalue weighted by Gasteiger charge is -2.11. The minimum absolute atomic E-state index is 0.919. The van der Waals surface area contributed by atoms with Crippen LogP contribution in [-0.2, 0) is 0 Å². The number of hydrogen-bond donors (Lipinski definition) is 1. The number of benzene rings is 5. The summed E-state index contributed by atoms with van der Waals surface area (Å²) in [5.74, 6) is 0. The summed E-state index contributed by atoms with van der Waals surface area (Å²) in [5.41, 5.74) is 10.6. The zero-order chi connectivity index (χ0) is 25.8. The van der Waals surface area contributed by atoms with E-state index in [0.29, 0.717) is 0 Å². The van der Waals surface area contributed by atoms with Crippen molar-refractivity contribution in [1.82, 2.24) is 0 Å². The highest BCUT2D eigenvalue weighted by atomic mass is 16.3. The van der Waals surface area contributed by atoms with Crippen molar-refractivity contribution < 1.29 is 8.83 Å². The fraction of sp³-hybridized carbons (Fsp3) is 0.0556. The van der Waals surface area contributed by atoms with Crippen LogP contribution >= 0.6 is 0 Å². The Morgan fingerprint density at radius 1 is 0.538 bits per heavy atom. The molecule has 0 aliphatic heterocycles. The Hall–Kier alpha value is -5.02. The van der Waals surface area contributed by atoms with E-state index in [4.69, 9.17) is 8.83 Å². The van der Waals surface area contributed by atoms with Crippen LogP contribution in [0.15, 0.2) is 124 Å². The molecule has 7 aromatic rings. The molecule has 1 aliphatic carbocycles. The van der Waals surface area contributed by atoms with Crippen molar-refractivity contribution in [3.63, 3.8) is 0 Å². The molecule has 0 unspecified atom stereocenters. The minimum atomic E-state index is 0.919. The van der Waals surface area contributed by atoms with Crippen LogP contribution in [0.5, 0.6) is 0 Å². The number of para-hydroxylation sites is 3. The van der Waals surface area contributed by atoms with Crippen molar-refractivity contribution in [3.8, 4) is 11.1 Å². The van der Waals surface area contributed by atoms with Gasteiger partial charge >= 0.3 is 0 Å². The molecule has 0 bridgehead atoms. The number of furan rings is 2. The van der Waals surface area contributed by atoms with Crippen LogP contribution in [0.4, 0.5) is 11.4 Å². The van der Waals surface area contributed by atoms with Gasteiger partial charge in [0.25, 0.3) is 0 Å². The molecule has 186 valence electrons. The first-order valence-electron chi connectivity index (χ1n) is 13.4. The molecular weight excluding hydrogens is 478 g/mol. The van der Waals surface area contributed by atoms with Gasteiger partial charge in [0.05, 0.1) is 0 Å². The average Bonchev–Trinajstić information content (AvgIpc) is 3.57. The van der Waals surface area contributed by atoms with Crippen LogP contribution in [0.25, 0.3) is 55.7 Å². The molecule has 0 fully saturated rings. The molecule has 39 heavy (non-hydrogen) atoms. The lowest BCUT2D eigenvalue weighted by Crippen LogP contribution is -2.26. The fourth-order valence-corrected chi connectivity index (χ4v) is 5.87. The molecule has 2 aromatic heterocycles. The molecule has 0 radical (unpaired) electrons. The van der Waals surface area contributed by atoms with Crippen molar-refractivity contribution in [1.29, 1.82) is 0 Å². The summed E-state index contributed by atoms with van der Waals surface area (Å²) in [6.45, 7) is 0. The van der Waals surface area contributed by atoms with Crippen molar-refractivity contribution >= 4 is 55.9 Å². The summed E-state index contributed by atoms with van der Waals surface area (Å²) >= 11 is 0. The summed E-state index contributed by atoms with van der Waals surface area (Å²) in [4.78, 5) is 0. The number of nitrogens with one attached hydrogen (secondary N) is 1. The molecule has 3 heteroatoms. The second-order valence-corrected chi connectivity index (χ2v) is 10.1. The maximum absolute atomic E-state index is 6.28. The Balaban J connectivity index is 1.08. The maximum atomic E-state index is 6.28. The Morgan fingerprint density at radius 2 is 1.18 bits per heavy atom. The van der Waals surface area contributed by atoms with E-state index in [-0.39, 0.29) is 0 Å². The highest BCUT2D eigenvalue weighted by molar-refractivity contribution is 6.09.